The molecule has 0 atom stereocenters. The van der Waals surface area contributed by atoms with Gasteiger partial charge in [-0.3, -0.25) is 0 Å². The number of ether oxygens (including phenoxy) is 2. The number of rotatable bonds is 7. The van der Waals surface area contributed by atoms with Crippen molar-refractivity contribution in [2.75, 3.05) is 31.9 Å². The molecule has 0 saturated carbocycles. The number of nitrogens with zero attached hydrogens (tertiary/aromatic N) is 3. The van der Waals surface area contributed by atoms with Crippen LogP contribution < -0.4 is 10.1 Å². The van der Waals surface area contributed by atoms with Crippen LogP contribution in [0.2, 0.25) is 5.02 Å². The lowest BCUT2D eigenvalue weighted by Crippen LogP contribution is -2.06. The first-order valence-corrected chi connectivity index (χ1v) is 9.26. The molecule has 0 aliphatic rings. The van der Waals surface area contributed by atoms with Gasteiger partial charge in [0.1, 0.15) is 29.3 Å². The zero-order valence-electron chi connectivity index (χ0n) is 14.1. The van der Waals surface area contributed by atoms with Gasteiger partial charge in [-0.15, -0.1) is 11.8 Å². The van der Waals surface area contributed by atoms with Crippen LogP contribution in [0.5, 0.6) is 5.75 Å². The number of aromatic nitrogens is 3. The lowest BCUT2D eigenvalue weighted by molar-refractivity contribution is 0.144. The van der Waals surface area contributed by atoms with Crippen molar-refractivity contribution in [2.45, 2.75) is 5.03 Å². The highest BCUT2D eigenvalue weighted by molar-refractivity contribution is 7.98. The summed E-state index contributed by atoms with van der Waals surface area (Å²) in [5, 5.41) is 3.84. The second kappa shape index (κ2) is 8.48. The van der Waals surface area contributed by atoms with Crippen molar-refractivity contribution in [3.05, 3.63) is 41.4 Å². The van der Waals surface area contributed by atoms with Crippen molar-refractivity contribution >= 4 is 45.9 Å². The monoisotopic (exact) mass is 394 g/mol. The van der Waals surface area contributed by atoms with Gasteiger partial charge in [0.25, 0.3) is 0 Å². The highest BCUT2D eigenvalue weighted by Gasteiger charge is 2.13. The second-order valence-corrected chi connectivity index (χ2v) is 6.38. The van der Waals surface area contributed by atoms with Crippen LogP contribution in [0.15, 0.2) is 35.6 Å². The van der Waals surface area contributed by atoms with Crippen LogP contribution >= 0.6 is 23.4 Å². The maximum atomic E-state index is 13.3. The van der Waals surface area contributed by atoms with Gasteiger partial charge in [0.15, 0.2) is 11.6 Å². The minimum absolute atomic E-state index is 0.0277. The summed E-state index contributed by atoms with van der Waals surface area (Å²) < 4.78 is 24.1. The van der Waals surface area contributed by atoms with E-state index in [1.807, 2.05) is 12.3 Å². The summed E-state index contributed by atoms with van der Waals surface area (Å²) in [4.78, 5) is 13.1. The number of fused-ring (bicyclic) bond motifs is 1. The molecule has 1 aromatic carbocycles. The minimum atomic E-state index is -0.481. The molecule has 3 rings (SSSR count). The topological polar surface area (TPSA) is 69.2 Å². The molecule has 0 unspecified atom stereocenters. The molecular weight excluding hydrogens is 379 g/mol. The van der Waals surface area contributed by atoms with Gasteiger partial charge in [0.05, 0.1) is 17.1 Å². The van der Waals surface area contributed by atoms with E-state index in [4.69, 9.17) is 21.1 Å². The zero-order valence-corrected chi connectivity index (χ0v) is 15.7. The van der Waals surface area contributed by atoms with Crippen LogP contribution in [0, 0.1) is 5.82 Å². The van der Waals surface area contributed by atoms with Gasteiger partial charge in [0, 0.05) is 18.9 Å². The average Bonchev–Trinajstić information content (AvgIpc) is 2.64. The molecule has 136 valence electrons. The van der Waals surface area contributed by atoms with Crippen LogP contribution in [0.1, 0.15) is 0 Å². The molecule has 0 spiro atoms. The number of thioether (sulfide) groups is 1. The van der Waals surface area contributed by atoms with Crippen LogP contribution in [-0.4, -0.2) is 41.5 Å². The molecule has 0 saturated heterocycles. The van der Waals surface area contributed by atoms with Crippen molar-refractivity contribution in [3.63, 3.8) is 0 Å². The van der Waals surface area contributed by atoms with Gasteiger partial charge >= 0.3 is 0 Å². The van der Waals surface area contributed by atoms with Crippen molar-refractivity contribution in [3.8, 4) is 5.75 Å². The Morgan fingerprint density at radius 2 is 2.08 bits per heavy atom. The molecule has 0 fully saturated rings. The fourth-order valence-electron chi connectivity index (χ4n) is 2.24. The molecule has 0 amide bonds. The lowest BCUT2D eigenvalue weighted by Gasteiger charge is -2.12. The Labute approximate surface area is 159 Å². The molecular formula is C17H16ClFN4O2S. The highest BCUT2D eigenvalue weighted by atomic mass is 35.5. The number of hydrogen-bond acceptors (Lipinski definition) is 7. The van der Waals surface area contributed by atoms with E-state index in [-0.39, 0.29) is 5.02 Å². The summed E-state index contributed by atoms with van der Waals surface area (Å²) >= 11 is 7.29. The molecule has 1 N–H and O–H groups in total. The number of pyridine rings is 1. The van der Waals surface area contributed by atoms with Crippen LogP contribution in [0.25, 0.3) is 11.0 Å². The number of nitrogens with one attached hydrogen (secondary N) is 1. The van der Waals surface area contributed by atoms with E-state index < -0.39 is 5.82 Å². The molecule has 3 aromatic rings. The van der Waals surface area contributed by atoms with Gasteiger partial charge in [-0.1, -0.05) is 11.6 Å². The van der Waals surface area contributed by atoms with Crippen molar-refractivity contribution < 1.29 is 13.9 Å². The standard InChI is InChI=1S/C17H16ClFN4O2S/c1-24-5-6-25-14-8-13-15(23-17(14)26-2)16(21-9-20-13)22-10-3-4-12(19)11(18)7-10/h3-4,7-9H,5-6H2,1-2H3,(H,20,21,22). The summed E-state index contributed by atoms with van der Waals surface area (Å²) in [5.74, 6) is 0.651. The predicted octanol–water partition coefficient (Wildman–Crippen LogP) is 4.31. The van der Waals surface area contributed by atoms with Gasteiger partial charge < -0.3 is 14.8 Å². The van der Waals surface area contributed by atoms with Crippen molar-refractivity contribution in [1.82, 2.24) is 15.0 Å². The Morgan fingerprint density at radius 1 is 1.23 bits per heavy atom. The first kappa shape index (κ1) is 18.6. The van der Waals surface area contributed by atoms with E-state index in [1.165, 1.54) is 30.2 Å². The number of methoxy groups -OCH3 is 1. The Bertz CT molecular complexity index is 929. The van der Waals surface area contributed by atoms with E-state index in [0.29, 0.717) is 46.5 Å². The summed E-state index contributed by atoms with van der Waals surface area (Å²) in [6, 6.07) is 6.17. The molecule has 6 nitrogen and oxygen atoms in total. The maximum absolute atomic E-state index is 13.3. The summed E-state index contributed by atoms with van der Waals surface area (Å²) in [5.41, 5.74) is 1.81. The normalized spacial score (nSPS) is 10.9. The van der Waals surface area contributed by atoms with Gasteiger partial charge in [-0.25, -0.2) is 19.3 Å². The average molecular weight is 395 g/mol. The number of hydrogen-bond donors (Lipinski definition) is 1. The molecule has 9 heteroatoms. The number of benzene rings is 1. The van der Waals surface area contributed by atoms with Gasteiger partial charge in [0.2, 0.25) is 0 Å². The highest BCUT2D eigenvalue weighted by Crippen LogP contribution is 2.32. The van der Waals surface area contributed by atoms with Gasteiger partial charge in [-0.2, -0.15) is 0 Å². The first-order chi connectivity index (χ1) is 12.6. The van der Waals surface area contributed by atoms with E-state index in [2.05, 4.69) is 20.3 Å². The Hall–Kier alpha value is -2.16. The lowest BCUT2D eigenvalue weighted by atomic mass is 10.3. The molecule has 0 radical (unpaired) electrons. The smallest absolute Gasteiger partial charge is 0.160 e. The number of halogens is 2. The van der Waals surface area contributed by atoms with Crippen LogP contribution in [-0.2, 0) is 4.74 Å². The van der Waals surface area contributed by atoms with E-state index in [9.17, 15) is 4.39 Å². The second-order valence-electron chi connectivity index (χ2n) is 5.18. The van der Waals surface area contributed by atoms with E-state index in [0.717, 1.165) is 0 Å². The van der Waals surface area contributed by atoms with Gasteiger partial charge in [-0.05, 0) is 24.5 Å². The molecule has 0 bridgehead atoms. The van der Waals surface area contributed by atoms with Crippen molar-refractivity contribution in [1.29, 1.82) is 0 Å². The van der Waals surface area contributed by atoms with Crippen LogP contribution in [0.4, 0.5) is 15.9 Å². The third-order valence-electron chi connectivity index (χ3n) is 3.46. The van der Waals surface area contributed by atoms with Crippen molar-refractivity contribution in [2.24, 2.45) is 0 Å². The Morgan fingerprint density at radius 3 is 2.81 bits per heavy atom. The summed E-state index contributed by atoms with van der Waals surface area (Å²) in [6.07, 6.45) is 3.34. The number of anilines is 2. The summed E-state index contributed by atoms with van der Waals surface area (Å²) in [7, 11) is 1.62. The zero-order chi connectivity index (χ0) is 18.5. The quantitative estimate of drug-likeness (QED) is 0.473. The fourth-order valence-corrected chi connectivity index (χ4v) is 2.92. The first-order valence-electron chi connectivity index (χ1n) is 7.66. The van der Waals surface area contributed by atoms with Crippen LogP contribution in [0.3, 0.4) is 0 Å². The Kier molecular flexibility index (Phi) is 6.08. The van der Waals surface area contributed by atoms with E-state index in [1.54, 1.807) is 13.2 Å². The third kappa shape index (κ3) is 4.14. The molecule has 0 aliphatic carbocycles. The SMILES string of the molecule is COCCOc1cc2ncnc(Nc3ccc(F)c(Cl)c3)c2nc1SC. The molecule has 2 aromatic heterocycles. The molecule has 0 aliphatic heterocycles. The molecule has 2 heterocycles. The third-order valence-corrected chi connectivity index (χ3v) is 4.43. The summed E-state index contributed by atoms with van der Waals surface area (Å²) in [6.45, 7) is 0.898. The fraction of sp³-hybridized carbons (Fsp3) is 0.235. The maximum Gasteiger partial charge on any atom is 0.160 e. The molecule has 26 heavy (non-hydrogen) atoms. The minimum Gasteiger partial charge on any atom is -0.488 e. The largest absolute Gasteiger partial charge is 0.488 e. The predicted molar refractivity (Wildman–Crippen MR) is 101 cm³/mol. The Balaban J connectivity index is 1.97. The van der Waals surface area contributed by atoms with E-state index >= 15 is 0 Å².